The highest BCUT2D eigenvalue weighted by Gasteiger charge is 2.23. The van der Waals surface area contributed by atoms with Crippen molar-refractivity contribution in [2.75, 3.05) is 32.8 Å². The molecule has 3 nitrogen and oxygen atoms in total. The van der Waals surface area contributed by atoms with Crippen LogP contribution in [0.1, 0.15) is 34.1 Å². The highest BCUT2D eigenvalue weighted by molar-refractivity contribution is 4.80. The van der Waals surface area contributed by atoms with Crippen molar-refractivity contribution in [3.8, 4) is 0 Å². The Morgan fingerprint density at radius 2 is 2.06 bits per heavy atom. The maximum Gasteiger partial charge on any atom is 0.0597 e. The molecule has 1 aliphatic rings. The van der Waals surface area contributed by atoms with Gasteiger partial charge in [-0.15, -0.1) is 0 Å². The van der Waals surface area contributed by atoms with E-state index in [4.69, 9.17) is 4.74 Å². The molecule has 0 bridgehead atoms. The predicted molar refractivity (Wildman–Crippen MR) is 68.8 cm³/mol. The maximum absolute atomic E-state index is 5.65. The van der Waals surface area contributed by atoms with Crippen molar-refractivity contribution >= 4 is 0 Å². The molecule has 1 aliphatic heterocycles. The van der Waals surface area contributed by atoms with E-state index in [0.717, 1.165) is 26.2 Å². The number of nitrogens with zero attached hydrogens (tertiary/aromatic N) is 1. The van der Waals surface area contributed by atoms with Gasteiger partial charge in [-0.05, 0) is 39.3 Å². The highest BCUT2D eigenvalue weighted by atomic mass is 16.5. The lowest BCUT2D eigenvalue weighted by Crippen LogP contribution is -2.44. The first-order valence-corrected chi connectivity index (χ1v) is 6.67. The fraction of sp³-hybridized carbons (Fsp3) is 1.00. The zero-order valence-electron chi connectivity index (χ0n) is 11.3. The molecule has 3 heteroatoms. The molecule has 1 heterocycles. The highest BCUT2D eigenvalue weighted by Crippen LogP contribution is 2.12. The molecule has 0 aromatic heterocycles. The Balaban J connectivity index is 2.38. The zero-order valence-corrected chi connectivity index (χ0v) is 11.3. The molecule has 0 saturated carbocycles. The first-order valence-electron chi connectivity index (χ1n) is 6.67. The number of nitrogens with one attached hydrogen (secondary N) is 1. The van der Waals surface area contributed by atoms with Gasteiger partial charge in [-0.3, -0.25) is 4.90 Å². The van der Waals surface area contributed by atoms with Crippen LogP contribution in [0.2, 0.25) is 0 Å². The lowest BCUT2D eigenvalue weighted by atomic mass is 10.0. The number of hydrogen-bond donors (Lipinski definition) is 1. The van der Waals surface area contributed by atoms with Gasteiger partial charge in [0.15, 0.2) is 0 Å². The molecule has 0 aromatic rings. The predicted octanol–water partition coefficient (Wildman–Crippen LogP) is 1.73. The van der Waals surface area contributed by atoms with E-state index in [1.807, 2.05) is 0 Å². The van der Waals surface area contributed by atoms with Crippen LogP contribution in [0.25, 0.3) is 0 Å². The minimum Gasteiger partial charge on any atom is -0.377 e. The Bertz CT molecular complexity index is 183. The molecule has 96 valence electrons. The van der Waals surface area contributed by atoms with E-state index in [1.165, 1.54) is 13.0 Å². The number of hydrogen-bond acceptors (Lipinski definition) is 3. The quantitative estimate of drug-likeness (QED) is 0.775. The van der Waals surface area contributed by atoms with Crippen molar-refractivity contribution in [1.29, 1.82) is 0 Å². The van der Waals surface area contributed by atoms with E-state index in [0.29, 0.717) is 18.1 Å². The molecule has 0 spiro atoms. The van der Waals surface area contributed by atoms with Crippen LogP contribution in [0.5, 0.6) is 0 Å². The first-order chi connectivity index (χ1) is 7.61. The van der Waals surface area contributed by atoms with E-state index < -0.39 is 0 Å². The third-order valence-electron chi connectivity index (χ3n) is 3.22. The van der Waals surface area contributed by atoms with Crippen molar-refractivity contribution in [1.82, 2.24) is 10.2 Å². The van der Waals surface area contributed by atoms with E-state index >= 15 is 0 Å². The molecular formula is C13H28N2O. The molecule has 0 radical (unpaired) electrons. The molecule has 1 N–H and O–H groups in total. The minimum absolute atomic E-state index is 0.350. The average molecular weight is 228 g/mol. The summed E-state index contributed by atoms with van der Waals surface area (Å²) in [6.45, 7) is 14.3. The Kier molecular flexibility index (Phi) is 6.32. The number of rotatable bonds is 5. The van der Waals surface area contributed by atoms with Crippen LogP contribution in [0.4, 0.5) is 0 Å². The fourth-order valence-electron chi connectivity index (χ4n) is 2.29. The summed E-state index contributed by atoms with van der Waals surface area (Å²) >= 11 is 0. The standard InChI is InChI=1S/C13H28N2O/c1-11(2)13-10-14-6-5-7-15(13)8-9-16-12(3)4/h11-14H,5-10H2,1-4H3. The van der Waals surface area contributed by atoms with Gasteiger partial charge in [-0.1, -0.05) is 13.8 Å². The smallest absolute Gasteiger partial charge is 0.0597 e. The van der Waals surface area contributed by atoms with Gasteiger partial charge in [0.2, 0.25) is 0 Å². The van der Waals surface area contributed by atoms with Crippen LogP contribution in [0, 0.1) is 5.92 Å². The summed E-state index contributed by atoms with van der Waals surface area (Å²) in [5.74, 6) is 0.713. The van der Waals surface area contributed by atoms with Gasteiger partial charge in [-0.25, -0.2) is 0 Å². The molecule has 1 rings (SSSR count). The summed E-state index contributed by atoms with van der Waals surface area (Å²) in [5.41, 5.74) is 0. The topological polar surface area (TPSA) is 24.5 Å². The van der Waals surface area contributed by atoms with Gasteiger partial charge >= 0.3 is 0 Å². The van der Waals surface area contributed by atoms with Crippen LogP contribution in [-0.4, -0.2) is 49.8 Å². The Hall–Kier alpha value is -0.120. The van der Waals surface area contributed by atoms with Crippen LogP contribution in [0.15, 0.2) is 0 Å². The third-order valence-corrected chi connectivity index (χ3v) is 3.22. The number of ether oxygens (including phenoxy) is 1. The first kappa shape index (κ1) is 13.9. The van der Waals surface area contributed by atoms with Crippen molar-refractivity contribution in [3.05, 3.63) is 0 Å². The van der Waals surface area contributed by atoms with Gasteiger partial charge in [0.1, 0.15) is 0 Å². The molecule has 0 aliphatic carbocycles. The minimum atomic E-state index is 0.350. The van der Waals surface area contributed by atoms with E-state index in [2.05, 4.69) is 37.9 Å². The molecular weight excluding hydrogens is 200 g/mol. The van der Waals surface area contributed by atoms with Crippen LogP contribution < -0.4 is 5.32 Å². The average Bonchev–Trinajstić information content (AvgIpc) is 2.42. The molecule has 1 atom stereocenters. The monoisotopic (exact) mass is 228 g/mol. The molecule has 1 fully saturated rings. The summed E-state index contributed by atoms with van der Waals surface area (Å²) in [6.07, 6.45) is 1.60. The van der Waals surface area contributed by atoms with Crippen LogP contribution in [-0.2, 0) is 4.74 Å². The SMILES string of the molecule is CC(C)OCCN1CCCNCC1C(C)C. The van der Waals surface area contributed by atoms with Gasteiger partial charge in [0, 0.05) is 19.1 Å². The molecule has 0 aromatic carbocycles. The Morgan fingerprint density at radius 3 is 2.69 bits per heavy atom. The summed E-state index contributed by atoms with van der Waals surface area (Å²) < 4.78 is 5.65. The second-order valence-electron chi connectivity index (χ2n) is 5.32. The van der Waals surface area contributed by atoms with E-state index in [9.17, 15) is 0 Å². The lowest BCUT2D eigenvalue weighted by Gasteiger charge is -2.32. The Labute approximate surface area is 101 Å². The van der Waals surface area contributed by atoms with E-state index in [-0.39, 0.29) is 0 Å². The normalized spacial score (nSPS) is 24.0. The largest absolute Gasteiger partial charge is 0.377 e. The molecule has 0 amide bonds. The summed E-state index contributed by atoms with van der Waals surface area (Å²) in [4.78, 5) is 2.59. The summed E-state index contributed by atoms with van der Waals surface area (Å²) in [6, 6.07) is 0.665. The lowest BCUT2D eigenvalue weighted by molar-refractivity contribution is 0.0448. The summed E-state index contributed by atoms with van der Waals surface area (Å²) in [7, 11) is 0. The van der Waals surface area contributed by atoms with Gasteiger partial charge < -0.3 is 10.1 Å². The maximum atomic E-state index is 5.65. The Morgan fingerprint density at radius 1 is 1.31 bits per heavy atom. The fourth-order valence-corrected chi connectivity index (χ4v) is 2.29. The molecule has 16 heavy (non-hydrogen) atoms. The van der Waals surface area contributed by atoms with Crippen LogP contribution >= 0.6 is 0 Å². The second-order valence-corrected chi connectivity index (χ2v) is 5.32. The van der Waals surface area contributed by atoms with Gasteiger partial charge in [0.25, 0.3) is 0 Å². The van der Waals surface area contributed by atoms with E-state index in [1.54, 1.807) is 0 Å². The second kappa shape index (κ2) is 7.25. The van der Waals surface area contributed by atoms with Crippen molar-refractivity contribution < 1.29 is 4.74 Å². The molecule has 1 saturated heterocycles. The van der Waals surface area contributed by atoms with Gasteiger partial charge in [-0.2, -0.15) is 0 Å². The molecule has 1 unspecified atom stereocenters. The zero-order chi connectivity index (χ0) is 12.0. The van der Waals surface area contributed by atoms with Gasteiger partial charge in [0.05, 0.1) is 12.7 Å². The third kappa shape index (κ3) is 4.81. The van der Waals surface area contributed by atoms with Crippen LogP contribution in [0.3, 0.4) is 0 Å². The van der Waals surface area contributed by atoms with Crippen molar-refractivity contribution in [3.63, 3.8) is 0 Å². The van der Waals surface area contributed by atoms with Crippen molar-refractivity contribution in [2.45, 2.75) is 46.3 Å². The summed E-state index contributed by atoms with van der Waals surface area (Å²) in [5, 5.41) is 3.53. The van der Waals surface area contributed by atoms with Crippen molar-refractivity contribution in [2.24, 2.45) is 5.92 Å².